The van der Waals surface area contributed by atoms with Crippen LogP contribution < -0.4 is 5.32 Å². The maximum atomic E-state index is 12.7. The molecule has 0 atom stereocenters. The zero-order valence-electron chi connectivity index (χ0n) is 16.3. The second-order valence-electron chi connectivity index (χ2n) is 7.63. The summed E-state index contributed by atoms with van der Waals surface area (Å²) < 4.78 is 0. The molecule has 2 heterocycles. The zero-order valence-corrected chi connectivity index (χ0v) is 17.1. The minimum atomic E-state index is 0. The lowest BCUT2D eigenvalue weighted by molar-refractivity contribution is -0.131. The van der Waals surface area contributed by atoms with E-state index in [1.807, 2.05) is 41.0 Å². The van der Waals surface area contributed by atoms with Crippen LogP contribution in [0.15, 0.2) is 24.3 Å². The number of hydrogen-bond donors (Lipinski definition) is 1. The molecular formula is C21H32ClN3O2. The predicted octanol–water partition coefficient (Wildman–Crippen LogP) is 2.87. The van der Waals surface area contributed by atoms with Gasteiger partial charge < -0.3 is 15.1 Å². The van der Waals surface area contributed by atoms with Gasteiger partial charge in [0.15, 0.2) is 0 Å². The summed E-state index contributed by atoms with van der Waals surface area (Å²) >= 11 is 0. The third kappa shape index (κ3) is 6.22. The molecule has 1 N–H and O–H groups in total. The molecule has 1 aromatic rings. The van der Waals surface area contributed by atoms with Crippen LogP contribution >= 0.6 is 12.4 Å². The molecule has 2 fully saturated rings. The smallest absolute Gasteiger partial charge is 0.253 e. The highest BCUT2D eigenvalue weighted by atomic mass is 35.5. The van der Waals surface area contributed by atoms with Gasteiger partial charge in [-0.05, 0) is 63.7 Å². The van der Waals surface area contributed by atoms with Gasteiger partial charge in [0.25, 0.3) is 5.91 Å². The predicted molar refractivity (Wildman–Crippen MR) is 110 cm³/mol. The Bertz CT molecular complexity index is 632. The van der Waals surface area contributed by atoms with E-state index in [0.29, 0.717) is 25.4 Å². The molecule has 2 aliphatic rings. The molecule has 0 saturated carbocycles. The minimum absolute atomic E-state index is 0. The number of aryl methyl sites for hydroxylation is 1. The van der Waals surface area contributed by atoms with Gasteiger partial charge in [-0.3, -0.25) is 9.59 Å². The average Bonchev–Trinajstić information content (AvgIpc) is 2.92. The first-order chi connectivity index (χ1) is 12.6. The Morgan fingerprint density at radius 1 is 1.07 bits per heavy atom. The van der Waals surface area contributed by atoms with Crippen molar-refractivity contribution >= 4 is 24.2 Å². The Labute approximate surface area is 168 Å². The van der Waals surface area contributed by atoms with Crippen LogP contribution in [0.4, 0.5) is 0 Å². The van der Waals surface area contributed by atoms with Gasteiger partial charge in [0.1, 0.15) is 0 Å². The second-order valence-corrected chi connectivity index (χ2v) is 7.63. The van der Waals surface area contributed by atoms with Gasteiger partial charge in [0.2, 0.25) is 5.91 Å². The fraction of sp³-hybridized carbons (Fsp3) is 0.619. The molecule has 5 nitrogen and oxygen atoms in total. The molecule has 0 radical (unpaired) electrons. The fourth-order valence-corrected chi connectivity index (χ4v) is 3.99. The Kier molecular flexibility index (Phi) is 8.58. The number of hydrogen-bond acceptors (Lipinski definition) is 3. The van der Waals surface area contributed by atoms with Crippen LogP contribution in [-0.2, 0) is 4.79 Å². The van der Waals surface area contributed by atoms with Crippen molar-refractivity contribution in [2.24, 2.45) is 5.92 Å². The molecule has 1 aromatic carbocycles. The van der Waals surface area contributed by atoms with Gasteiger partial charge in [-0.15, -0.1) is 12.4 Å². The number of amides is 2. The topological polar surface area (TPSA) is 52.7 Å². The van der Waals surface area contributed by atoms with Crippen molar-refractivity contribution in [2.45, 2.75) is 39.0 Å². The summed E-state index contributed by atoms with van der Waals surface area (Å²) in [5.74, 6) is 1.03. The van der Waals surface area contributed by atoms with Crippen molar-refractivity contribution in [1.29, 1.82) is 0 Å². The van der Waals surface area contributed by atoms with Gasteiger partial charge in [0, 0.05) is 38.2 Å². The van der Waals surface area contributed by atoms with E-state index < -0.39 is 0 Å². The van der Waals surface area contributed by atoms with Gasteiger partial charge in [-0.2, -0.15) is 0 Å². The Balaban J connectivity index is 0.00000261. The number of piperidine rings is 1. The number of carbonyl (C=O) groups excluding carboxylic acids is 2. The van der Waals surface area contributed by atoms with Gasteiger partial charge in [-0.1, -0.05) is 17.7 Å². The van der Waals surface area contributed by atoms with E-state index in [2.05, 4.69) is 5.32 Å². The van der Waals surface area contributed by atoms with Crippen LogP contribution in [0.2, 0.25) is 0 Å². The van der Waals surface area contributed by atoms with Crippen molar-refractivity contribution < 1.29 is 9.59 Å². The molecule has 6 heteroatoms. The quantitative estimate of drug-likeness (QED) is 0.855. The van der Waals surface area contributed by atoms with E-state index >= 15 is 0 Å². The lowest BCUT2D eigenvalue weighted by Gasteiger charge is -2.25. The third-order valence-electron chi connectivity index (χ3n) is 5.63. The summed E-state index contributed by atoms with van der Waals surface area (Å²) in [5, 5.41) is 3.37. The van der Waals surface area contributed by atoms with Gasteiger partial charge in [0.05, 0.1) is 0 Å². The van der Waals surface area contributed by atoms with Crippen molar-refractivity contribution in [3.05, 3.63) is 35.4 Å². The molecule has 2 saturated heterocycles. The molecular weight excluding hydrogens is 362 g/mol. The van der Waals surface area contributed by atoms with Gasteiger partial charge in [-0.25, -0.2) is 0 Å². The van der Waals surface area contributed by atoms with Crippen LogP contribution in [0.5, 0.6) is 0 Å². The molecule has 2 aliphatic heterocycles. The lowest BCUT2D eigenvalue weighted by atomic mass is 9.93. The number of benzene rings is 1. The summed E-state index contributed by atoms with van der Waals surface area (Å²) in [6.45, 7) is 6.95. The highest BCUT2D eigenvalue weighted by Crippen LogP contribution is 2.19. The molecule has 150 valence electrons. The Morgan fingerprint density at radius 3 is 2.52 bits per heavy atom. The SMILES string of the molecule is Cc1cccc(C(=O)N2CCCN(C(=O)CCC3CCNCC3)CC2)c1.Cl. The summed E-state index contributed by atoms with van der Waals surface area (Å²) in [6, 6.07) is 7.75. The second kappa shape index (κ2) is 10.7. The van der Waals surface area contributed by atoms with E-state index in [1.165, 1.54) is 12.8 Å². The fourth-order valence-electron chi connectivity index (χ4n) is 3.99. The van der Waals surface area contributed by atoms with Crippen molar-refractivity contribution in [3.63, 3.8) is 0 Å². The molecule has 0 aromatic heterocycles. The molecule has 2 amide bonds. The van der Waals surface area contributed by atoms with Crippen LogP contribution in [-0.4, -0.2) is 60.9 Å². The molecule has 0 spiro atoms. The molecule has 0 bridgehead atoms. The normalized spacial score (nSPS) is 18.6. The summed E-state index contributed by atoms with van der Waals surface area (Å²) in [4.78, 5) is 29.2. The number of nitrogens with one attached hydrogen (secondary N) is 1. The van der Waals surface area contributed by atoms with Crippen LogP contribution in [0, 0.1) is 12.8 Å². The van der Waals surface area contributed by atoms with E-state index in [1.54, 1.807) is 0 Å². The number of nitrogens with zero attached hydrogens (tertiary/aromatic N) is 2. The molecule has 0 aliphatic carbocycles. The summed E-state index contributed by atoms with van der Waals surface area (Å²) in [7, 11) is 0. The van der Waals surface area contributed by atoms with E-state index in [9.17, 15) is 9.59 Å². The summed E-state index contributed by atoms with van der Waals surface area (Å²) in [6.07, 6.45) is 4.88. The monoisotopic (exact) mass is 393 g/mol. The highest BCUT2D eigenvalue weighted by Gasteiger charge is 2.23. The zero-order chi connectivity index (χ0) is 18.4. The third-order valence-corrected chi connectivity index (χ3v) is 5.63. The summed E-state index contributed by atoms with van der Waals surface area (Å²) in [5.41, 5.74) is 1.84. The largest absolute Gasteiger partial charge is 0.341 e. The van der Waals surface area contributed by atoms with Crippen LogP contribution in [0.1, 0.15) is 48.0 Å². The van der Waals surface area contributed by atoms with Crippen LogP contribution in [0.3, 0.4) is 0 Å². The lowest BCUT2D eigenvalue weighted by Crippen LogP contribution is -2.37. The van der Waals surface area contributed by atoms with Crippen molar-refractivity contribution in [2.75, 3.05) is 39.3 Å². The van der Waals surface area contributed by atoms with E-state index in [-0.39, 0.29) is 24.2 Å². The highest BCUT2D eigenvalue weighted by molar-refractivity contribution is 5.94. The minimum Gasteiger partial charge on any atom is -0.341 e. The standard InChI is InChI=1S/C21H31N3O2.ClH/c1-17-4-2-5-19(16-17)21(26)24-13-3-12-23(14-15-24)20(25)7-6-18-8-10-22-11-9-18;/h2,4-5,16,18,22H,3,6-15H2,1H3;1H. The van der Waals surface area contributed by atoms with E-state index in [4.69, 9.17) is 0 Å². The first-order valence-corrected chi connectivity index (χ1v) is 9.98. The number of halogens is 1. The van der Waals surface area contributed by atoms with Crippen molar-refractivity contribution in [1.82, 2.24) is 15.1 Å². The molecule has 0 unspecified atom stereocenters. The average molecular weight is 394 g/mol. The number of rotatable bonds is 4. The number of carbonyl (C=O) groups is 2. The first-order valence-electron chi connectivity index (χ1n) is 9.98. The Morgan fingerprint density at radius 2 is 1.78 bits per heavy atom. The molecule has 3 rings (SSSR count). The Hall–Kier alpha value is -1.59. The molecule has 27 heavy (non-hydrogen) atoms. The first kappa shape index (κ1) is 21.7. The maximum Gasteiger partial charge on any atom is 0.253 e. The maximum absolute atomic E-state index is 12.7. The van der Waals surface area contributed by atoms with Crippen molar-refractivity contribution in [3.8, 4) is 0 Å². The van der Waals surface area contributed by atoms with Crippen LogP contribution in [0.25, 0.3) is 0 Å². The van der Waals surface area contributed by atoms with E-state index in [0.717, 1.165) is 50.1 Å². The van der Waals surface area contributed by atoms with Gasteiger partial charge >= 0.3 is 0 Å².